The van der Waals surface area contributed by atoms with Crippen LogP contribution in [0, 0.1) is 0 Å². The molecule has 3 N–H and O–H groups in total. The Bertz CT molecular complexity index is 1190. The summed E-state index contributed by atoms with van der Waals surface area (Å²) in [5.74, 6) is -1.02. The number of phosphoric acid groups is 1. The summed E-state index contributed by atoms with van der Waals surface area (Å²) in [7, 11) is -4.64. The smallest absolute Gasteiger partial charge is 0.462 e. The van der Waals surface area contributed by atoms with Gasteiger partial charge in [-0.05, 0) is 89.9 Å². The highest BCUT2D eigenvalue weighted by Gasteiger charge is 2.27. The number of hydrogen-bond donors (Lipinski definition) is 3. The number of ether oxygens (including phenoxy) is 2. The van der Waals surface area contributed by atoms with Gasteiger partial charge in [0.25, 0.3) is 0 Å². The maximum atomic E-state index is 12.6. The summed E-state index contributed by atoms with van der Waals surface area (Å²) in [5.41, 5.74) is 0. The van der Waals surface area contributed by atoms with Crippen LogP contribution in [-0.2, 0) is 32.7 Å². The number of carbonyl (C=O) groups excluding carboxylic acids is 2. The first-order chi connectivity index (χ1) is 26.7. The lowest BCUT2D eigenvalue weighted by molar-refractivity contribution is -0.161. The van der Waals surface area contributed by atoms with Crippen LogP contribution in [0.4, 0.5) is 0 Å². The molecule has 0 aliphatic rings. The number of aliphatic hydroxyl groups excluding tert-OH is 2. The van der Waals surface area contributed by atoms with Gasteiger partial charge in [0.05, 0.1) is 19.8 Å². The van der Waals surface area contributed by atoms with Gasteiger partial charge in [-0.3, -0.25) is 18.6 Å². The fourth-order valence-corrected chi connectivity index (χ4v) is 5.60. The third-order valence-corrected chi connectivity index (χ3v) is 8.95. The lowest BCUT2D eigenvalue weighted by Gasteiger charge is -2.20. The van der Waals surface area contributed by atoms with Crippen LogP contribution in [0.25, 0.3) is 0 Å². The molecule has 0 aromatic rings. The first-order valence-electron chi connectivity index (χ1n) is 20.5. The summed E-state index contributed by atoms with van der Waals surface area (Å²) < 4.78 is 32.6. The van der Waals surface area contributed by atoms with Crippen molar-refractivity contribution >= 4 is 19.8 Å². The van der Waals surface area contributed by atoms with Gasteiger partial charge in [-0.2, -0.15) is 0 Å². The second kappa shape index (κ2) is 39.4. The average Bonchev–Trinajstić information content (AvgIpc) is 3.17. The Morgan fingerprint density at radius 2 is 0.982 bits per heavy atom. The van der Waals surface area contributed by atoms with Crippen LogP contribution in [-0.4, -0.2) is 65.7 Å². The number of hydrogen-bond acceptors (Lipinski definition) is 9. The summed E-state index contributed by atoms with van der Waals surface area (Å²) in [6.45, 7) is 2.17. The number of phosphoric ester groups is 1. The van der Waals surface area contributed by atoms with Crippen LogP contribution >= 0.6 is 7.82 Å². The maximum absolute atomic E-state index is 12.6. The minimum Gasteiger partial charge on any atom is -0.462 e. The molecule has 0 aliphatic heterocycles. The van der Waals surface area contributed by atoms with Crippen molar-refractivity contribution in [1.29, 1.82) is 0 Å². The molecule has 0 bridgehead atoms. The molecule has 0 rings (SSSR count). The molecular weight excluding hydrogens is 719 g/mol. The maximum Gasteiger partial charge on any atom is 0.472 e. The highest BCUT2D eigenvalue weighted by atomic mass is 31.2. The molecule has 0 radical (unpaired) electrons. The summed E-state index contributed by atoms with van der Waals surface area (Å²) in [6.07, 6.45) is 45.5. The zero-order valence-electron chi connectivity index (χ0n) is 33.9. The molecule has 0 spiro atoms. The van der Waals surface area contributed by atoms with E-state index in [2.05, 4.69) is 103 Å². The van der Waals surface area contributed by atoms with Gasteiger partial charge in [-0.25, -0.2) is 4.57 Å². The van der Waals surface area contributed by atoms with E-state index in [1.54, 1.807) is 0 Å². The molecule has 0 aliphatic carbocycles. The number of unbranched alkanes of at least 4 members (excludes halogenated alkanes) is 9. The van der Waals surface area contributed by atoms with E-state index in [4.69, 9.17) is 19.1 Å². The van der Waals surface area contributed by atoms with E-state index in [0.29, 0.717) is 12.8 Å². The van der Waals surface area contributed by atoms with Crippen molar-refractivity contribution < 1.29 is 47.8 Å². The standard InChI is InChI=1S/C44H73O10P/c1-3-5-7-9-11-13-15-17-19-20-22-23-25-27-29-31-33-35-43(47)51-39-42(40-53-55(49,50)52-38-41(46)37-45)54-44(48)36-34-32-30-28-26-24-21-18-16-14-12-10-8-6-4-2/h7,9,12-15,18-21,23,25-26,28,41-42,45-46H,3-6,8,10-11,16-17,22,24,27,29-40H2,1-2H3,(H,49,50)/b9-7+,14-12+,15-13+,20-19+,21-18+,25-23+,28-26+/t41-,42+/m0/s1. The Balaban J connectivity index is 4.48. The quantitative estimate of drug-likeness (QED) is 0.0240. The van der Waals surface area contributed by atoms with Gasteiger partial charge < -0.3 is 24.6 Å². The fraction of sp³-hybridized carbons (Fsp3) is 0.636. The van der Waals surface area contributed by atoms with E-state index < -0.39 is 51.8 Å². The molecule has 55 heavy (non-hydrogen) atoms. The van der Waals surface area contributed by atoms with Gasteiger partial charge in [0.1, 0.15) is 12.7 Å². The summed E-state index contributed by atoms with van der Waals surface area (Å²) in [4.78, 5) is 34.9. The molecule has 3 atom stereocenters. The van der Waals surface area contributed by atoms with Crippen molar-refractivity contribution in [3.63, 3.8) is 0 Å². The van der Waals surface area contributed by atoms with E-state index in [9.17, 15) is 24.2 Å². The molecule has 0 heterocycles. The second-order valence-electron chi connectivity index (χ2n) is 13.3. The molecule has 314 valence electrons. The predicted octanol–water partition coefficient (Wildman–Crippen LogP) is 10.7. The Morgan fingerprint density at radius 1 is 0.545 bits per heavy atom. The predicted molar refractivity (Wildman–Crippen MR) is 223 cm³/mol. The molecule has 1 unspecified atom stereocenters. The van der Waals surface area contributed by atoms with Crippen LogP contribution in [0.1, 0.15) is 142 Å². The third kappa shape index (κ3) is 39.2. The van der Waals surface area contributed by atoms with Gasteiger partial charge in [0, 0.05) is 12.8 Å². The second-order valence-corrected chi connectivity index (χ2v) is 14.8. The zero-order valence-corrected chi connectivity index (χ0v) is 34.7. The normalized spacial score (nSPS) is 14.8. The Kier molecular flexibility index (Phi) is 37.3. The molecule has 0 saturated heterocycles. The molecule has 11 heteroatoms. The van der Waals surface area contributed by atoms with Gasteiger partial charge in [-0.1, -0.05) is 125 Å². The minimum absolute atomic E-state index is 0.123. The highest BCUT2D eigenvalue weighted by Crippen LogP contribution is 2.43. The zero-order chi connectivity index (χ0) is 40.5. The van der Waals surface area contributed by atoms with Crippen LogP contribution in [0.2, 0.25) is 0 Å². The van der Waals surface area contributed by atoms with Crippen molar-refractivity contribution in [2.75, 3.05) is 26.4 Å². The molecular formula is C44H73O10P. The van der Waals surface area contributed by atoms with Crippen molar-refractivity contribution in [2.24, 2.45) is 0 Å². The molecule has 10 nitrogen and oxygen atoms in total. The van der Waals surface area contributed by atoms with E-state index >= 15 is 0 Å². The van der Waals surface area contributed by atoms with Crippen LogP contribution < -0.4 is 0 Å². The molecule has 0 aromatic heterocycles. The minimum atomic E-state index is -4.64. The Hall–Kier alpha value is -2.85. The third-order valence-electron chi connectivity index (χ3n) is 8.00. The summed E-state index contributed by atoms with van der Waals surface area (Å²) in [6, 6.07) is 0. The van der Waals surface area contributed by atoms with E-state index in [1.165, 1.54) is 25.7 Å². The van der Waals surface area contributed by atoms with Gasteiger partial charge in [-0.15, -0.1) is 0 Å². The lowest BCUT2D eigenvalue weighted by Crippen LogP contribution is -2.29. The van der Waals surface area contributed by atoms with E-state index in [-0.39, 0.29) is 19.4 Å². The molecule has 0 amide bonds. The fourth-order valence-electron chi connectivity index (χ4n) is 4.81. The van der Waals surface area contributed by atoms with E-state index in [1.807, 2.05) is 0 Å². The number of aliphatic hydroxyl groups is 2. The largest absolute Gasteiger partial charge is 0.472 e. The topological polar surface area (TPSA) is 149 Å². The van der Waals surface area contributed by atoms with Crippen molar-refractivity contribution in [3.05, 3.63) is 85.1 Å². The van der Waals surface area contributed by atoms with Gasteiger partial charge in [0.15, 0.2) is 6.10 Å². The highest BCUT2D eigenvalue weighted by molar-refractivity contribution is 7.47. The Labute approximate surface area is 332 Å². The number of esters is 2. The van der Waals surface area contributed by atoms with Crippen molar-refractivity contribution in [1.82, 2.24) is 0 Å². The first-order valence-corrected chi connectivity index (χ1v) is 22.0. The van der Waals surface area contributed by atoms with Gasteiger partial charge in [0.2, 0.25) is 0 Å². The van der Waals surface area contributed by atoms with Crippen molar-refractivity contribution in [3.8, 4) is 0 Å². The first kappa shape index (κ1) is 52.2. The molecule has 0 fully saturated rings. The van der Waals surface area contributed by atoms with E-state index in [0.717, 1.165) is 77.0 Å². The van der Waals surface area contributed by atoms with Crippen molar-refractivity contribution in [2.45, 2.75) is 154 Å². The summed E-state index contributed by atoms with van der Waals surface area (Å²) >= 11 is 0. The SMILES string of the molecule is CCC/C=C/C/C=C/C/C=C/C/C=C/CCCCCC(=O)OC[C@H](COP(=O)(O)OC[C@@H](O)CO)OC(=O)CCCC/C=C/C/C=C/C/C=C/CCCCC. The monoisotopic (exact) mass is 792 g/mol. The van der Waals surface area contributed by atoms with Crippen LogP contribution in [0.5, 0.6) is 0 Å². The average molecular weight is 793 g/mol. The summed E-state index contributed by atoms with van der Waals surface area (Å²) in [5, 5.41) is 18.3. The lowest BCUT2D eigenvalue weighted by atomic mass is 10.1. The van der Waals surface area contributed by atoms with Crippen LogP contribution in [0.15, 0.2) is 85.1 Å². The number of allylic oxidation sites excluding steroid dienone is 14. The van der Waals surface area contributed by atoms with Gasteiger partial charge >= 0.3 is 19.8 Å². The molecule has 0 saturated carbocycles. The number of carbonyl (C=O) groups is 2. The number of rotatable bonds is 37. The molecule has 0 aromatic carbocycles. The Morgan fingerprint density at radius 3 is 1.49 bits per heavy atom. The van der Waals surface area contributed by atoms with Crippen LogP contribution in [0.3, 0.4) is 0 Å².